The van der Waals surface area contributed by atoms with Gasteiger partial charge in [-0.3, -0.25) is 9.59 Å². The molecule has 0 spiro atoms. The van der Waals surface area contributed by atoms with Gasteiger partial charge >= 0.3 is 5.97 Å². The number of rotatable bonds is 5. The molecule has 2 aromatic carbocycles. The second kappa shape index (κ2) is 7.83. The van der Waals surface area contributed by atoms with Crippen LogP contribution in [0.2, 0.25) is 0 Å². The summed E-state index contributed by atoms with van der Waals surface area (Å²) in [4.78, 5) is 28.0. The topological polar surface area (TPSA) is 88.6 Å². The number of aromatic hydroxyl groups is 1. The standard InChI is InChI=1S/C23H21NO5/c1-2-28-20(25)12-17(15-11-14-7-3-6-10-19(14)29-13-15)21-22(26)16-8-4-5-9-18(16)24-23(21)27/h3-11,17H,2,12-13H2,1H3,(H2,24,26,27)/t17-/m0/s1. The molecule has 29 heavy (non-hydrogen) atoms. The van der Waals surface area contributed by atoms with Gasteiger partial charge in [0.25, 0.3) is 5.56 Å². The van der Waals surface area contributed by atoms with E-state index in [1.807, 2.05) is 30.3 Å². The average molecular weight is 391 g/mol. The number of pyridine rings is 1. The van der Waals surface area contributed by atoms with E-state index >= 15 is 0 Å². The summed E-state index contributed by atoms with van der Waals surface area (Å²) in [5.41, 5.74) is 1.83. The van der Waals surface area contributed by atoms with Gasteiger partial charge in [-0.2, -0.15) is 0 Å². The van der Waals surface area contributed by atoms with E-state index in [4.69, 9.17) is 9.47 Å². The Labute approximate surface area is 167 Å². The number of carbonyl (C=O) groups is 1. The minimum absolute atomic E-state index is 0.0693. The Kier molecular flexibility index (Phi) is 5.08. The highest BCUT2D eigenvalue weighted by Gasteiger charge is 2.29. The molecule has 0 unspecified atom stereocenters. The van der Waals surface area contributed by atoms with E-state index in [-0.39, 0.29) is 30.9 Å². The molecule has 0 saturated carbocycles. The quantitative estimate of drug-likeness (QED) is 0.647. The van der Waals surface area contributed by atoms with Crippen molar-refractivity contribution in [3.63, 3.8) is 0 Å². The minimum atomic E-state index is -0.671. The number of aromatic amines is 1. The first-order valence-corrected chi connectivity index (χ1v) is 9.50. The molecule has 0 amide bonds. The van der Waals surface area contributed by atoms with Crippen molar-refractivity contribution in [2.45, 2.75) is 19.3 Å². The van der Waals surface area contributed by atoms with Crippen molar-refractivity contribution in [2.75, 3.05) is 13.2 Å². The number of ether oxygens (including phenoxy) is 2. The van der Waals surface area contributed by atoms with Crippen molar-refractivity contribution in [2.24, 2.45) is 0 Å². The largest absolute Gasteiger partial charge is 0.507 e. The molecule has 6 heteroatoms. The van der Waals surface area contributed by atoms with E-state index in [0.717, 1.165) is 16.9 Å². The molecule has 1 atom stereocenters. The van der Waals surface area contributed by atoms with E-state index in [9.17, 15) is 14.7 Å². The van der Waals surface area contributed by atoms with Crippen LogP contribution >= 0.6 is 0 Å². The highest BCUT2D eigenvalue weighted by Crippen LogP contribution is 2.39. The molecule has 1 aliphatic heterocycles. The summed E-state index contributed by atoms with van der Waals surface area (Å²) < 4.78 is 11.0. The van der Waals surface area contributed by atoms with E-state index in [1.54, 1.807) is 31.2 Å². The Hall–Kier alpha value is -3.54. The van der Waals surface area contributed by atoms with Crippen LogP contribution in [0.5, 0.6) is 11.5 Å². The van der Waals surface area contributed by atoms with Crippen LogP contribution in [0.3, 0.4) is 0 Å². The monoisotopic (exact) mass is 391 g/mol. The Balaban J connectivity index is 1.86. The number of nitrogens with one attached hydrogen (secondary N) is 1. The summed E-state index contributed by atoms with van der Waals surface area (Å²) in [6.45, 7) is 2.18. The first kappa shape index (κ1) is 18.8. The van der Waals surface area contributed by atoms with Gasteiger partial charge in [-0.1, -0.05) is 30.3 Å². The van der Waals surface area contributed by atoms with E-state index in [2.05, 4.69) is 4.98 Å². The van der Waals surface area contributed by atoms with Gasteiger partial charge in [0, 0.05) is 16.9 Å². The lowest BCUT2D eigenvalue weighted by Gasteiger charge is -2.25. The molecule has 1 aliphatic rings. The molecule has 2 heterocycles. The van der Waals surface area contributed by atoms with Gasteiger partial charge in [0.15, 0.2) is 0 Å². The van der Waals surface area contributed by atoms with Gasteiger partial charge in [-0.15, -0.1) is 0 Å². The van der Waals surface area contributed by atoms with E-state index in [0.29, 0.717) is 10.9 Å². The number of H-pyrrole nitrogens is 1. The first-order chi connectivity index (χ1) is 14.1. The minimum Gasteiger partial charge on any atom is -0.507 e. The number of para-hydroxylation sites is 2. The fourth-order valence-corrected chi connectivity index (χ4v) is 3.70. The number of esters is 1. The Morgan fingerprint density at radius 1 is 1.21 bits per heavy atom. The van der Waals surface area contributed by atoms with Gasteiger partial charge in [-0.25, -0.2) is 0 Å². The van der Waals surface area contributed by atoms with Crippen LogP contribution in [0.15, 0.2) is 58.9 Å². The normalized spacial score (nSPS) is 13.9. The second-order valence-corrected chi connectivity index (χ2v) is 6.87. The molecule has 3 aromatic rings. The fraction of sp³-hybridized carbons (Fsp3) is 0.217. The molecule has 4 rings (SSSR count). The summed E-state index contributed by atoms with van der Waals surface area (Å²) in [6.07, 6.45) is 1.84. The number of aromatic nitrogens is 1. The summed E-state index contributed by atoms with van der Waals surface area (Å²) in [5, 5.41) is 11.5. The third-order valence-corrected chi connectivity index (χ3v) is 5.06. The highest BCUT2D eigenvalue weighted by molar-refractivity contribution is 5.86. The van der Waals surface area contributed by atoms with Gasteiger partial charge in [-0.05, 0) is 36.8 Å². The summed E-state index contributed by atoms with van der Waals surface area (Å²) in [7, 11) is 0. The molecule has 0 fully saturated rings. The number of fused-ring (bicyclic) bond motifs is 2. The Bertz CT molecular complexity index is 1160. The molecule has 2 N–H and O–H groups in total. The molecule has 0 bridgehead atoms. The van der Waals surface area contributed by atoms with Crippen LogP contribution in [0.4, 0.5) is 0 Å². The maximum absolute atomic E-state index is 12.9. The Morgan fingerprint density at radius 3 is 2.79 bits per heavy atom. The summed E-state index contributed by atoms with van der Waals surface area (Å²) in [5.74, 6) is -0.499. The van der Waals surface area contributed by atoms with Crippen LogP contribution in [0.1, 0.15) is 30.4 Å². The van der Waals surface area contributed by atoms with Crippen molar-refractivity contribution >= 4 is 22.9 Å². The fourth-order valence-electron chi connectivity index (χ4n) is 3.70. The molecule has 6 nitrogen and oxygen atoms in total. The summed E-state index contributed by atoms with van der Waals surface area (Å²) in [6, 6.07) is 14.6. The predicted molar refractivity (Wildman–Crippen MR) is 110 cm³/mol. The van der Waals surface area contributed by atoms with Crippen LogP contribution in [0, 0.1) is 0 Å². The van der Waals surface area contributed by atoms with Gasteiger partial charge in [0.2, 0.25) is 0 Å². The summed E-state index contributed by atoms with van der Waals surface area (Å²) >= 11 is 0. The predicted octanol–water partition coefficient (Wildman–Crippen LogP) is 3.75. The van der Waals surface area contributed by atoms with Gasteiger partial charge in [0.05, 0.1) is 24.1 Å². The molecule has 0 radical (unpaired) electrons. The average Bonchev–Trinajstić information content (AvgIpc) is 2.73. The zero-order chi connectivity index (χ0) is 20.4. The third kappa shape index (κ3) is 3.61. The lowest BCUT2D eigenvalue weighted by molar-refractivity contribution is -0.143. The SMILES string of the molecule is CCOC(=O)C[C@@H](C1=Cc2ccccc2OC1)c1c(O)c2ccccc2[nH]c1=O. The maximum Gasteiger partial charge on any atom is 0.306 e. The van der Waals surface area contributed by atoms with Crippen LogP contribution in [0.25, 0.3) is 17.0 Å². The van der Waals surface area contributed by atoms with Crippen LogP contribution in [-0.4, -0.2) is 29.3 Å². The van der Waals surface area contributed by atoms with Crippen molar-refractivity contribution in [3.05, 3.63) is 75.6 Å². The molecule has 0 saturated heterocycles. The van der Waals surface area contributed by atoms with E-state index < -0.39 is 17.4 Å². The van der Waals surface area contributed by atoms with Crippen molar-refractivity contribution < 1.29 is 19.4 Å². The van der Waals surface area contributed by atoms with Gasteiger partial charge in [0.1, 0.15) is 18.1 Å². The number of benzene rings is 2. The zero-order valence-corrected chi connectivity index (χ0v) is 16.0. The van der Waals surface area contributed by atoms with Crippen molar-refractivity contribution in [1.82, 2.24) is 4.98 Å². The number of carbonyl (C=O) groups excluding carboxylic acids is 1. The van der Waals surface area contributed by atoms with Crippen molar-refractivity contribution in [3.8, 4) is 11.5 Å². The molecule has 148 valence electrons. The smallest absolute Gasteiger partial charge is 0.306 e. The first-order valence-electron chi connectivity index (χ1n) is 9.50. The van der Waals surface area contributed by atoms with Crippen molar-refractivity contribution in [1.29, 1.82) is 0 Å². The number of hydrogen-bond donors (Lipinski definition) is 2. The number of hydrogen-bond acceptors (Lipinski definition) is 5. The van der Waals surface area contributed by atoms with Crippen LogP contribution in [-0.2, 0) is 9.53 Å². The zero-order valence-electron chi connectivity index (χ0n) is 16.0. The molecule has 1 aromatic heterocycles. The Morgan fingerprint density at radius 2 is 1.97 bits per heavy atom. The van der Waals surface area contributed by atoms with Crippen LogP contribution < -0.4 is 10.3 Å². The molecular formula is C23H21NO5. The van der Waals surface area contributed by atoms with Gasteiger partial charge < -0.3 is 19.6 Å². The molecular weight excluding hydrogens is 370 g/mol. The molecule has 0 aliphatic carbocycles. The third-order valence-electron chi connectivity index (χ3n) is 5.06. The maximum atomic E-state index is 12.9. The lowest BCUT2D eigenvalue weighted by atomic mass is 9.86. The highest BCUT2D eigenvalue weighted by atomic mass is 16.5. The second-order valence-electron chi connectivity index (χ2n) is 6.87. The van der Waals surface area contributed by atoms with E-state index in [1.165, 1.54) is 0 Å². The lowest BCUT2D eigenvalue weighted by Crippen LogP contribution is -2.24.